The van der Waals surface area contributed by atoms with Crippen molar-refractivity contribution in [1.82, 2.24) is 15.0 Å². The van der Waals surface area contributed by atoms with Crippen molar-refractivity contribution in [3.05, 3.63) is 57.6 Å². The number of rotatable bonds is 5. The predicted octanol–water partition coefficient (Wildman–Crippen LogP) is -1.49. The Bertz CT molecular complexity index is 1380. The minimum absolute atomic E-state index is 0.00661. The zero-order valence-electron chi connectivity index (χ0n) is 19.6. The van der Waals surface area contributed by atoms with E-state index in [1.54, 1.807) is 0 Å². The van der Waals surface area contributed by atoms with E-state index in [-0.39, 0.29) is 50.3 Å². The van der Waals surface area contributed by atoms with Crippen molar-refractivity contribution in [2.24, 2.45) is 0 Å². The Morgan fingerprint density at radius 3 is 2.32 bits per heavy atom. The molecule has 0 aromatic heterocycles. The number of hydrogen-bond acceptors (Lipinski definition) is 4. The number of nitrogens with one attached hydrogen (secondary N) is 1. The third kappa shape index (κ3) is 4.38. The minimum Gasteiger partial charge on any atom is -0.398 e. The van der Waals surface area contributed by atoms with Crippen molar-refractivity contribution < 1.29 is 28.0 Å². The lowest BCUT2D eigenvalue weighted by Crippen LogP contribution is -2.56. The molecule has 0 aliphatic carbocycles. The summed E-state index contributed by atoms with van der Waals surface area (Å²) in [7, 11) is 36.4. The van der Waals surface area contributed by atoms with Gasteiger partial charge in [-0.15, -0.1) is 0 Å². The van der Waals surface area contributed by atoms with E-state index < -0.39 is 52.4 Å². The fourth-order valence-electron chi connectivity index (χ4n) is 4.53. The number of halogens is 3. The molecular formula is C22H12B6ClF2N3O4. The SMILES string of the molecule is [B]c1cc(C([B])([B])N([B])C(=O)C(F)(F)c2ccc(Cl)cc2)c([B])c2c1C(=O)N(C1CCC(=O)NC1=O)C2[B]. The van der Waals surface area contributed by atoms with Crippen molar-refractivity contribution >= 4 is 93.4 Å². The zero-order chi connectivity index (χ0) is 28.3. The molecule has 4 rings (SSSR count). The van der Waals surface area contributed by atoms with Gasteiger partial charge in [-0.1, -0.05) is 40.7 Å². The average molecular weight is 521 g/mol. The molecule has 2 aromatic rings. The topological polar surface area (TPSA) is 86.8 Å². The van der Waals surface area contributed by atoms with Gasteiger partial charge in [0.25, 0.3) is 11.8 Å². The molecule has 178 valence electrons. The molecule has 12 radical (unpaired) electrons. The summed E-state index contributed by atoms with van der Waals surface area (Å²) < 4.78 is 30.0. The monoisotopic (exact) mass is 521 g/mol. The molecular weight excluding hydrogens is 509 g/mol. The fourth-order valence-corrected chi connectivity index (χ4v) is 4.65. The summed E-state index contributed by atoms with van der Waals surface area (Å²) in [6.45, 7) is 0. The first-order valence-corrected chi connectivity index (χ1v) is 11.4. The summed E-state index contributed by atoms with van der Waals surface area (Å²) in [4.78, 5) is 50.8. The molecule has 2 aliphatic rings. The van der Waals surface area contributed by atoms with E-state index in [9.17, 15) is 28.0 Å². The van der Waals surface area contributed by atoms with Gasteiger partial charge in [-0.3, -0.25) is 24.5 Å². The van der Waals surface area contributed by atoms with Crippen molar-refractivity contribution in [1.29, 1.82) is 0 Å². The van der Waals surface area contributed by atoms with Gasteiger partial charge in [0, 0.05) is 28.5 Å². The van der Waals surface area contributed by atoms with Crippen molar-refractivity contribution in [2.45, 2.75) is 36.1 Å². The number of amides is 4. The highest BCUT2D eigenvalue weighted by atomic mass is 35.5. The number of alkyl halides is 2. The van der Waals surface area contributed by atoms with Gasteiger partial charge >= 0.3 is 5.92 Å². The number of hydrogen-bond donors (Lipinski definition) is 1. The number of piperidine rings is 1. The van der Waals surface area contributed by atoms with E-state index in [1.165, 1.54) is 0 Å². The zero-order valence-corrected chi connectivity index (χ0v) is 20.3. The third-order valence-corrected chi connectivity index (χ3v) is 6.80. The first-order valence-electron chi connectivity index (χ1n) is 11.1. The molecule has 0 saturated carbocycles. The first-order chi connectivity index (χ1) is 17.6. The third-order valence-electron chi connectivity index (χ3n) is 6.55. The summed E-state index contributed by atoms with van der Waals surface area (Å²) in [6, 6.07) is 4.07. The van der Waals surface area contributed by atoms with E-state index in [0.29, 0.717) is 0 Å². The highest BCUT2D eigenvalue weighted by Crippen LogP contribution is 2.37. The second kappa shape index (κ2) is 9.67. The average Bonchev–Trinajstić information content (AvgIpc) is 3.11. The van der Waals surface area contributed by atoms with Gasteiger partial charge in [0.1, 0.15) is 29.6 Å². The van der Waals surface area contributed by atoms with E-state index in [4.69, 9.17) is 58.8 Å². The molecule has 0 spiro atoms. The van der Waals surface area contributed by atoms with Crippen LogP contribution in [-0.4, -0.2) is 86.6 Å². The maximum atomic E-state index is 15.0. The molecule has 4 amide bonds. The Morgan fingerprint density at radius 2 is 1.74 bits per heavy atom. The number of carbonyl (C=O) groups is 4. The standard InChI is InChI=1S/C22H12B6ClF2N3O4/c23-11-7-10(22(26,27)34(28)20(38)21(30,31)8-1-3-9(29)4-2-8)16(24)15-14(11)19(37)33(17(15)25)12-5-6-13(35)32-18(12)36/h1-4,7,12,17H,5-6H2,(H,32,35,36). The van der Waals surface area contributed by atoms with Crippen LogP contribution >= 0.6 is 11.6 Å². The summed E-state index contributed by atoms with van der Waals surface area (Å²) >= 11 is 5.73. The van der Waals surface area contributed by atoms with Crippen molar-refractivity contribution in [2.75, 3.05) is 0 Å². The Morgan fingerprint density at radius 1 is 1.13 bits per heavy atom. The number of carbonyl (C=O) groups excluding carboxylic acids is 4. The Balaban J connectivity index is 1.72. The van der Waals surface area contributed by atoms with Crippen LogP contribution in [0.1, 0.15) is 45.8 Å². The first kappa shape index (κ1) is 28.1. The molecule has 1 saturated heterocycles. The lowest BCUT2D eigenvalue weighted by molar-refractivity contribution is -0.155. The summed E-state index contributed by atoms with van der Waals surface area (Å²) in [5.74, 6) is -9.51. The van der Waals surface area contributed by atoms with Crippen LogP contribution in [0.4, 0.5) is 8.78 Å². The van der Waals surface area contributed by atoms with Crippen molar-refractivity contribution in [3.8, 4) is 0 Å². The second-order valence-electron chi connectivity index (χ2n) is 8.92. The van der Waals surface area contributed by atoms with E-state index in [0.717, 1.165) is 35.2 Å². The summed E-state index contributed by atoms with van der Waals surface area (Å²) in [5, 5.41) is -0.374. The normalized spacial score (nSPS) is 19.8. The van der Waals surface area contributed by atoms with Crippen LogP contribution in [-0.2, 0) is 25.6 Å². The molecule has 16 heteroatoms. The minimum atomic E-state index is -4.17. The highest BCUT2D eigenvalue weighted by molar-refractivity contribution is 6.48. The lowest BCUT2D eigenvalue weighted by atomic mass is 9.52. The molecule has 2 aliphatic heterocycles. The van der Waals surface area contributed by atoms with Crippen LogP contribution in [0.15, 0.2) is 30.3 Å². The van der Waals surface area contributed by atoms with Gasteiger partial charge < -0.3 is 9.71 Å². The summed E-state index contributed by atoms with van der Waals surface area (Å²) in [6.07, 6.45) is -0.0480. The predicted molar refractivity (Wildman–Crippen MR) is 139 cm³/mol. The number of fused-ring (bicyclic) bond motifs is 1. The fraction of sp³-hybridized carbons (Fsp3) is 0.273. The quantitative estimate of drug-likeness (QED) is 0.385. The summed E-state index contributed by atoms with van der Waals surface area (Å²) in [5.41, 5.74) is -1.99. The smallest absolute Gasteiger partial charge is 0.348 e. The van der Waals surface area contributed by atoms with Gasteiger partial charge in [0.15, 0.2) is 0 Å². The Hall–Kier alpha value is -2.94. The van der Waals surface area contributed by atoms with Crippen LogP contribution in [0, 0.1) is 0 Å². The molecule has 2 unspecified atom stereocenters. The molecule has 2 aromatic carbocycles. The molecule has 0 bridgehead atoms. The number of nitrogens with zero attached hydrogens (tertiary/aromatic N) is 2. The van der Waals surface area contributed by atoms with E-state index in [2.05, 4.69) is 5.32 Å². The van der Waals surface area contributed by atoms with Crippen LogP contribution in [0.5, 0.6) is 0 Å². The highest BCUT2D eigenvalue weighted by Gasteiger charge is 2.48. The van der Waals surface area contributed by atoms with Gasteiger partial charge in [0.05, 0.1) is 15.7 Å². The van der Waals surface area contributed by atoms with Gasteiger partial charge in [0.2, 0.25) is 19.8 Å². The molecule has 1 N–H and O–H groups in total. The molecule has 1 fully saturated rings. The molecule has 2 heterocycles. The van der Waals surface area contributed by atoms with Crippen LogP contribution in [0.3, 0.4) is 0 Å². The number of benzene rings is 2. The molecule has 38 heavy (non-hydrogen) atoms. The maximum absolute atomic E-state index is 15.0. The lowest BCUT2D eigenvalue weighted by Gasteiger charge is -2.42. The van der Waals surface area contributed by atoms with E-state index >= 15 is 0 Å². The van der Waals surface area contributed by atoms with Crippen LogP contribution in [0.25, 0.3) is 0 Å². The van der Waals surface area contributed by atoms with Crippen molar-refractivity contribution in [3.63, 3.8) is 0 Å². The van der Waals surface area contributed by atoms with Crippen LogP contribution < -0.4 is 16.2 Å². The largest absolute Gasteiger partial charge is 0.398 e. The Kier molecular flexibility index (Phi) is 7.14. The Labute approximate surface area is 229 Å². The van der Waals surface area contributed by atoms with E-state index in [1.807, 2.05) is 0 Å². The van der Waals surface area contributed by atoms with Crippen LogP contribution in [0.2, 0.25) is 5.02 Å². The molecule has 7 nitrogen and oxygen atoms in total. The van der Waals surface area contributed by atoms with Gasteiger partial charge in [-0.2, -0.15) is 8.78 Å². The second-order valence-corrected chi connectivity index (χ2v) is 9.36. The van der Waals surface area contributed by atoms with Gasteiger partial charge in [-0.05, 0) is 35.0 Å². The maximum Gasteiger partial charge on any atom is 0.348 e. The molecule has 2 atom stereocenters. The number of imide groups is 1. The van der Waals surface area contributed by atoms with Gasteiger partial charge in [-0.25, -0.2) is 0 Å².